The monoisotopic (exact) mass is 205 g/mol. The lowest BCUT2D eigenvalue weighted by Gasteiger charge is -2.00. The average molecular weight is 205 g/mol. The van der Waals surface area contributed by atoms with Gasteiger partial charge >= 0.3 is 0 Å². The number of hydrogen-bond donors (Lipinski definition) is 1. The summed E-state index contributed by atoms with van der Waals surface area (Å²) in [4.78, 5) is 11.7. The smallest absolute Gasteiger partial charge is 0.223 e. The molecule has 1 amide bonds. The Morgan fingerprint density at radius 3 is 3.00 bits per heavy atom. The summed E-state index contributed by atoms with van der Waals surface area (Å²) in [6.07, 6.45) is 7.19. The van der Waals surface area contributed by atoms with Crippen LogP contribution in [-0.2, 0) is 11.8 Å². The van der Waals surface area contributed by atoms with Crippen LogP contribution in [-0.4, -0.2) is 21.7 Å². The van der Waals surface area contributed by atoms with Crippen LogP contribution >= 0.6 is 0 Å². The number of hydrogen-bond acceptors (Lipinski definition) is 2. The van der Waals surface area contributed by atoms with E-state index in [9.17, 15) is 4.79 Å². The van der Waals surface area contributed by atoms with Gasteiger partial charge in [0, 0.05) is 25.2 Å². The molecule has 0 aliphatic heterocycles. The van der Waals surface area contributed by atoms with Crippen LogP contribution in [0.15, 0.2) is 12.4 Å². The number of aromatic nitrogens is 2. The second kappa shape index (κ2) is 3.08. The molecule has 0 radical (unpaired) electrons. The molecule has 2 atom stereocenters. The molecule has 4 heteroatoms. The van der Waals surface area contributed by atoms with Crippen LogP contribution in [0.2, 0.25) is 0 Å². The first-order valence-electron chi connectivity index (χ1n) is 5.53. The van der Waals surface area contributed by atoms with E-state index < -0.39 is 0 Å². The van der Waals surface area contributed by atoms with E-state index in [-0.39, 0.29) is 11.8 Å². The average Bonchev–Trinajstić information content (AvgIpc) is 3.08. The fourth-order valence-electron chi connectivity index (χ4n) is 2.02. The van der Waals surface area contributed by atoms with E-state index in [1.54, 1.807) is 4.68 Å². The van der Waals surface area contributed by atoms with Gasteiger partial charge in [-0.2, -0.15) is 5.10 Å². The van der Waals surface area contributed by atoms with Gasteiger partial charge in [-0.15, -0.1) is 0 Å². The summed E-state index contributed by atoms with van der Waals surface area (Å²) in [5.74, 6) is 0.860. The SMILES string of the molecule is Cn1cc([C@@H]2C[C@H]2C(=O)NC2CC2)cn1. The molecule has 0 unspecified atom stereocenters. The van der Waals surface area contributed by atoms with Crippen molar-refractivity contribution in [1.29, 1.82) is 0 Å². The third kappa shape index (κ3) is 1.76. The Morgan fingerprint density at radius 1 is 1.60 bits per heavy atom. The van der Waals surface area contributed by atoms with Gasteiger partial charge in [-0.1, -0.05) is 0 Å². The van der Waals surface area contributed by atoms with Gasteiger partial charge in [-0.25, -0.2) is 0 Å². The van der Waals surface area contributed by atoms with Crippen molar-refractivity contribution in [3.63, 3.8) is 0 Å². The number of nitrogens with zero attached hydrogens (tertiary/aromatic N) is 2. The van der Waals surface area contributed by atoms with Gasteiger partial charge in [0.1, 0.15) is 0 Å². The van der Waals surface area contributed by atoms with Crippen LogP contribution in [0.25, 0.3) is 0 Å². The number of carbonyl (C=O) groups is 1. The van der Waals surface area contributed by atoms with E-state index in [2.05, 4.69) is 10.4 Å². The molecule has 0 aromatic carbocycles. The van der Waals surface area contributed by atoms with Crippen molar-refractivity contribution in [3.8, 4) is 0 Å². The number of aryl methyl sites for hydroxylation is 1. The maximum atomic E-state index is 11.7. The first-order chi connectivity index (χ1) is 7.24. The Morgan fingerprint density at radius 2 is 2.40 bits per heavy atom. The molecule has 4 nitrogen and oxygen atoms in total. The second-order valence-electron chi connectivity index (χ2n) is 4.68. The van der Waals surface area contributed by atoms with E-state index >= 15 is 0 Å². The summed E-state index contributed by atoms with van der Waals surface area (Å²) in [6, 6.07) is 0.479. The molecular weight excluding hydrogens is 190 g/mol. The lowest BCUT2D eigenvalue weighted by atomic mass is 10.2. The Hall–Kier alpha value is -1.32. The first kappa shape index (κ1) is 8.95. The third-order valence-corrected chi connectivity index (χ3v) is 3.20. The van der Waals surface area contributed by atoms with Crippen molar-refractivity contribution >= 4 is 5.91 Å². The molecule has 2 aliphatic carbocycles. The van der Waals surface area contributed by atoms with Crippen molar-refractivity contribution in [2.45, 2.75) is 31.2 Å². The van der Waals surface area contributed by atoms with Gasteiger partial charge < -0.3 is 5.32 Å². The lowest BCUT2D eigenvalue weighted by molar-refractivity contribution is -0.122. The molecule has 1 aromatic heterocycles. The molecule has 3 rings (SSSR count). The van der Waals surface area contributed by atoms with E-state index in [4.69, 9.17) is 0 Å². The van der Waals surface area contributed by atoms with Crippen LogP contribution in [0.5, 0.6) is 0 Å². The molecule has 1 heterocycles. The highest BCUT2D eigenvalue weighted by molar-refractivity contribution is 5.83. The van der Waals surface area contributed by atoms with E-state index in [0.717, 1.165) is 19.3 Å². The maximum Gasteiger partial charge on any atom is 0.223 e. The van der Waals surface area contributed by atoms with E-state index in [1.807, 2.05) is 19.4 Å². The lowest BCUT2D eigenvalue weighted by Crippen LogP contribution is -2.27. The van der Waals surface area contributed by atoms with Crippen LogP contribution in [0.4, 0.5) is 0 Å². The zero-order valence-corrected chi connectivity index (χ0v) is 8.81. The minimum Gasteiger partial charge on any atom is -0.353 e. The van der Waals surface area contributed by atoms with Gasteiger partial charge in [0.15, 0.2) is 0 Å². The number of carbonyl (C=O) groups excluding carboxylic acids is 1. The normalized spacial score (nSPS) is 28.9. The molecule has 0 saturated heterocycles. The molecule has 2 aliphatic rings. The molecule has 15 heavy (non-hydrogen) atoms. The Balaban J connectivity index is 1.60. The third-order valence-electron chi connectivity index (χ3n) is 3.20. The zero-order valence-electron chi connectivity index (χ0n) is 8.81. The molecular formula is C11H15N3O. The summed E-state index contributed by atoms with van der Waals surface area (Å²) >= 11 is 0. The van der Waals surface area contributed by atoms with Gasteiger partial charge in [0.25, 0.3) is 0 Å². The summed E-state index contributed by atoms with van der Waals surface area (Å²) in [6.45, 7) is 0. The van der Waals surface area contributed by atoms with Gasteiger partial charge in [-0.3, -0.25) is 9.48 Å². The predicted molar refractivity (Wildman–Crippen MR) is 55.2 cm³/mol. The predicted octanol–water partition coefficient (Wildman–Crippen LogP) is 0.802. The fourth-order valence-corrected chi connectivity index (χ4v) is 2.02. The number of rotatable bonds is 3. The zero-order chi connectivity index (χ0) is 10.4. The van der Waals surface area contributed by atoms with Crippen molar-refractivity contribution in [3.05, 3.63) is 18.0 Å². The Bertz CT molecular complexity index is 394. The largest absolute Gasteiger partial charge is 0.353 e. The standard InChI is InChI=1S/C11H15N3O/c1-14-6-7(5-12-14)9-4-10(9)11(15)13-8-2-3-8/h5-6,8-10H,2-4H2,1H3,(H,13,15)/t9-,10+/m0/s1. The summed E-state index contributed by atoms with van der Waals surface area (Å²) in [7, 11) is 1.91. The topological polar surface area (TPSA) is 46.9 Å². The van der Waals surface area contributed by atoms with Gasteiger partial charge in [0.05, 0.1) is 6.20 Å². The minimum atomic E-state index is 0.204. The van der Waals surface area contributed by atoms with Crippen LogP contribution in [0, 0.1) is 5.92 Å². The molecule has 1 aromatic rings. The molecule has 2 saturated carbocycles. The van der Waals surface area contributed by atoms with Crippen LogP contribution in [0.1, 0.15) is 30.7 Å². The van der Waals surface area contributed by atoms with Crippen LogP contribution in [0.3, 0.4) is 0 Å². The summed E-state index contributed by atoms with van der Waals surface area (Å²) < 4.78 is 1.80. The quantitative estimate of drug-likeness (QED) is 0.793. The van der Waals surface area contributed by atoms with Gasteiger partial charge in [0.2, 0.25) is 5.91 Å². The van der Waals surface area contributed by atoms with Crippen molar-refractivity contribution in [2.24, 2.45) is 13.0 Å². The first-order valence-corrected chi connectivity index (χ1v) is 5.53. The Kier molecular flexibility index (Phi) is 1.84. The highest BCUT2D eigenvalue weighted by atomic mass is 16.2. The molecule has 1 N–H and O–H groups in total. The highest BCUT2D eigenvalue weighted by Crippen LogP contribution is 2.47. The Labute approximate surface area is 88.7 Å². The maximum absolute atomic E-state index is 11.7. The van der Waals surface area contributed by atoms with Crippen molar-refractivity contribution in [1.82, 2.24) is 15.1 Å². The van der Waals surface area contributed by atoms with Gasteiger partial charge in [-0.05, 0) is 30.7 Å². The van der Waals surface area contributed by atoms with Crippen molar-refractivity contribution in [2.75, 3.05) is 0 Å². The van der Waals surface area contributed by atoms with Crippen molar-refractivity contribution < 1.29 is 4.79 Å². The summed E-state index contributed by atoms with van der Waals surface area (Å²) in [5, 5.41) is 7.19. The highest BCUT2D eigenvalue weighted by Gasteiger charge is 2.45. The molecule has 0 bridgehead atoms. The molecule has 0 spiro atoms. The minimum absolute atomic E-state index is 0.204. The number of nitrogens with one attached hydrogen (secondary N) is 1. The van der Waals surface area contributed by atoms with Crippen LogP contribution < -0.4 is 5.32 Å². The number of amides is 1. The summed E-state index contributed by atoms with van der Waals surface area (Å²) in [5.41, 5.74) is 1.20. The molecule has 80 valence electrons. The molecule has 2 fully saturated rings. The fraction of sp³-hybridized carbons (Fsp3) is 0.636. The van der Waals surface area contributed by atoms with E-state index in [1.165, 1.54) is 5.56 Å². The van der Waals surface area contributed by atoms with E-state index in [0.29, 0.717) is 12.0 Å². The second-order valence-corrected chi connectivity index (χ2v) is 4.68.